The number of carboxylic acids is 1. The summed E-state index contributed by atoms with van der Waals surface area (Å²) in [5, 5.41) is 8.89. The average molecular weight is 792 g/mol. The fraction of sp³-hybridized carbons (Fsp3) is 0.636. The minimum atomic E-state index is -4.63. The van der Waals surface area contributed by atoms with Gasteiger partial charge < -0.3 is 25.2 Å². The van der Waals surface area contributed by atoms with Crippen molar-refractivity contribution in [2.75, 3.05) is 26.4 Å². The summed E-state index contributed by atoms with van der Waals surface area (Å²) in [7, 11) is -4.63. The number of carbonyl (C=O) groups is 2. The highest BCUT2D eigenvalue weighted by molar-refractivity contribution is 7.47. The van der Waals surface area contributed by atoms with Crippen LogP contribution in [0.4, 0.5) is 0 Å². The van der Waals surface area contributed by atoms with Gasteiger partial charge in [0.1, 0.15) is 12.1 Å². The molecule has 0 aliphatic carbocycles. The zero-order chi connectivity index (χ0) is 40.5. The first-order valence-electron chi connectivity index (χ1n) is 20.6. The molecule has 11 heteroatoms. The van der Waals surface area contributed by atoms with Crippen molar-refractivity contribution in [1.29, 1.82) is 0 Å². The van der Waals surface area contributed by atoms with E-state index in [1.807, 2.05) is 0 Å². The predicted octanol–water partition coefficient (Wildman–Crippen LogP) is 11.2. The van der Waals surface area contributed by atoms with Crippen molar-refractivity contribution in [1.82, 2.24) is 0 Å². The second-order valence-corrected chi connectivity index (χ2v) is 14.8. The Morgan fingerprint density at radius 2 is 1.00 bits per heavy atom. The van der Waals surface area contributed by atoms with Crippen LogP contribution in [0.15, 0.2) is 85.1 Å². The third-order valence-electron chi connectivity index (χ3n) is 8.17. The number of esters is 1. The molecule has 0 aliphatic heterocycles. The van der Waals surface area contributed by atoms with Crippen LogP contribution in [-0.2, 0) is 32.7 Å². The molecule has 0 radical (unpaired) electrons. The van der Waals surface area contributed by atoms with Crippen molar-refractivity contribution in [2.45, 2.75) is 154 Å². The van der Waals surface area contributed by atoms with Gasteiger partial charge in [0.05, 0.1) is 19.8 Å². The summed E-state index contributed by atoms with van der Waals surface area (Å²) < 4.78 is 33.3. The number of carbonyl (C=O) groups excluding carboxylic acids is 1. The topological polar surface area (TPSA) is 155 Å². The van der Waals surface area contributed by atoms with Gasteiger partial charge in [-0.05, 0) is 83.5 Å². The SMILES string of the molecule is CC/C=C\C/C=C\C/C=C\C/C=C\CCCCCCC(=O)OC(COCCCCCCCC/C=C\C/C=C\C/C=C\CC)COP(=O)(O)OCC(N)C(=O)O. The molecule has 0 saturated carbocycles. The molecule has 55 heavy (non-hydrogen) atoms. The van der Waals surface area contributed by atoms with Gasteiger partial charge in [-0.15, -0.1) is 0 Å². The van der Waals surface area contributed by atoms with E-state index >= 15 is 0 Å². The van der Waals surface area contributed by atoms with Crippen LogP contribution in [0.2, 0.25) is 0 Å². The van der Waals surface area contributed by atoms with E-state index in [-0.39, 0.29) is 13.0 Å². The van der Waals surface area contributed by atoms with Gasteiger partial charge in [0.2, 0.25) is 0 Å². The molecule has 0 aliphatic rings. The van der Waals surface area contributed by atoms with Gasteiger partial charge in [-0.25, -0.2) is 4.57 Å². The molecule has 10 nitrogen and oxygen atoms in total. The van der Waals surface area contributed by atoms with Crippen LogP contribution in [0.25, 0.3) is 0 Å². The van der Waals surface area contributed by atoms with E-state index in [2.05, 4.69) is 98.9 Å². The summed E-state index contributed by atoms with van der Waals surface area (Å²) in [6.45, 7) is 3.57. The van der Waals surface area contributed by atoms with E-state index in [0.29, 0.717) is 13.0 Å². The Balaban J connectivity index is 4.36. The summed E-state index contributed by atoms with van der Waals surface area (Å²) in [6, 6.07) is -1.48. The van der Waals surface area contributed by atoms with Crippen LogP contribution in [0, 0.1) is 0 Å². The first-order valence-corrected chi connectivity index (χ1v) is 22.1. The third-order valence-corrected chi connectivity index (χ3v) is 9.12. The maximum atomic E-state index is 12.6. The summed E-state index contributed by atoms with van der Waals surface area (Å²) >= 11 is 0. The van der Waals surface area contributed by atoms with Gasteiger partial charge in [-0.2, -0.15) is 0 Å². The third kappa shape index (κ3) is 39.2. The molecule has 0 amide bonds. The summed E-state index contributed by atoms with van der Waals surface area (Å²) in [5.74, 6) is -1.82. The lowest BCUT2D eigenvalue weighted by Gasteiger charge is -2.20. The van der Waals surface area contributed by atoms with Gasteiger partial charge in [0, 0.05) is 13.0 Å². The van der Waals surface area contributed by atoms with Crippen LogP contribution in [-0.4, -0.2) is 60.5 Å². The molecule has 0 fully saturated rings. The standard InChI is InChI=1S/C44H74NO9P/c1-3-5-7-9-11-13-15-17-19-21-22-24-26-28-30-32-34-36-43(46)54-41(39-52-55(49,50)53-40-42(45)44(47)48)38-51-37-35-33-31-29-27-25-23-20-18-16-14-12-10-8-6-4-2/h5-8,11-14,17-20,22,24,41-42H,3-4,9-10,15-16,21,23,25-40,45H2,1-2H3,(H,47,48)(H,49,50)/b7-5-,8-6-,13-11-,14-12-,19-17-,20-18-,24-22-. The second kappa shape index (κ2) is 39.4. The number of hydrogen-bond acceptors (Lipinski definition) is 8. The van der Waals surface area contributed by atoms with Gasteiger partial charge in [0.15, 0.2) is 0 Å². The van der Waals surface area contributed by atoms with Gasteiger partial charge in [0.25, 0.3) is 0 Å². The number of ether oxygens (including phenoxy) is 2. The molecule has 0 rings (SSSR count). The zero-order valence-electron chi connectivity index (χ0n) is 34.0. The average Bonchev–Trinajstić information content (AvgIpc) is 3.16. The number of rotatable bonds is 38. The number of hydrogen-bond donors (Lipinski definition) is 3. The van der Waals surface area contributed by atoms with E-state index in [1.165, 1.54) is 12.8 Å². The molecule has 3 unspecified atom stereocenters. The first-order chi connectivity index (χ1) is 26.7. The van der Waals surface area contributed by atoms with Crippen molar-refractivity contribution in [2.24, 2.45) is 5.73 Å². The van der Waals surface area contributed by atoms with Gasteiger partial charge >= 0.3 is 19.8 Å². The molecular weight excluding hydrogens is 717 g/mol. The number of nitrogens with two attached hydrogens (primary N) is 1. The van der Waals surface area contributed by atoms with Crippen LogP contribution in [0.5, 0.6) is 0 Å². The van der Waals surface area contributed by atoms with Crippen molar-refractivity contribution >= 4 is 19.8 Å². The molecule has 0 aromatic carbocycles. The highest BCUT2D eigenvalue weighted by Crippen LogP contribution is 2.43. The molecule has 3 atom stereocenters. The lowest BCUT2D eigenvalue weighted by Crippen LogP contribution is -2.34. The molecule has 0 heterocycles. The fourth-order valence-electron chi connectivity index (χ4n) is 5.02. The van der Waals surface area contributed by atoms with Crippen LogP contribution in [0.1, 0.15) is 142 Å². The Bertz CT molecular complexity index is 1190. The molecule has 0 aromatic heterocycles. The van der Waals surface area contributed by atoms with Crippen molar-refractivity contribution in [3.63, 3.8) is 0 Å². The molecular formula is C44H74NO9P. The normalized spacial score (nSPS) is 14.8. The lowest BCUT2D eigenvalue weighted by atomic mass is 10.1. The van der Waals surface area contributed by atoms with Crippen molar-refractivity contribution in [3.8, 4) is 0 Å². The quantitative estimate of drug-likeness (QED) is 0.0238. The molecule has 0 spiro atoms. The second-order valence-electron chi connectivity index (χ2n) is 13.3. The molecule has 4 N–H and O–H groups in total. The highest BCUT2D eigenvalue weighted by atomic mass is 31.2. The van der Waals surface area contributed by atoms with Crippen molar-refractivity contribution in [3.05, 3.63) is 85.1 Å². The van der Waals surface area contributed by atoms with E-state index in [0.717, 1.165) is 103 Å². The first kappa shape index (κ1) is 52.2. The monoisotopic (exact) mass is 792 g/mol. The minimum absolute atomic E-state index is 0.00773. The van der Waals surface area contributed by atoms with Crippen molar-refractivity contribution < 1.29 is 42.7 Å². The predicted molar refractivity (Wildman–Crippen MR) is 226 cm³/mol. The number of unbranched alkanes of at least 4 members (excludes halogenated alkanes) is 10. The maximum absolute atomic E-state index is 12.6. The number of carboxylic acid groups (broad SMARTS) is 1. The smallest absolute Gasteiger partial charge is 0.472 e. The molecule has 314 valence electrons. The Morgan fingerprint density at radius 1 is 0.582 bits per heavy atom. The zero-order valence-corrected chi connectivity index (χ0v) is 34.9. The van der Waals surface area contributed by atoms with E-state index < -0.39 is 45.1 Å². The Hall–Kier alpha value is -2.85. The van der Waals surface area contributed by atoms with Gasteiger partial charge in [-0.3, -0.25) is 18.6 Å². The summed E-state index contributed by atoms with van der Waals surface area (Å²) in [5.41, 5.74) is 5.35. The lowest BCUT2D eigenvalue weighted by molar-refractivity contribution is -0.154. The van der Waals surface area contributed by atoms with Gasteiger partial charge in [-0.1, -0.05) is 137 Å². The summed E-state index contributed by atoms with van der Waals surface area (Å²) in [4.78, 5) is 33.5. The van der Waals surface area contributed by atoms with Crippen LogP contribution in [0.3, 0.4) is 0 Å². The molecule has 0 aromatic rings. The number of phosphoric acid groups is 1. The number of aliphatic carboxylic acids is 1. The highest BCUT2D eigenvalue weighted by Gasteiger charge is 2.27. The van der Waals surface area contributed by atoms with Crippen LogP contribution < -0.4 is 5.73 Å². The molecule has 0 bridgehead atoms. The summed E-state index contributed by atoms with van der Waals surface area (Å²) in [6.07, 6.45) is 49.2. The Kier molecular flexibility index (Phi) is 37.3. The van der Waals surface area contributed by atoms with E-state index in [1.54, 1.807) is 0 Å². The Morgan fingerprint density at radius 3 is 1.49 bits per heavy atom. The number of allylic oxidation sites excluding steroid dienone is 14. The maximum Gasteiger partial charge on any atom is 0.472 e. The van der Waals surface area contributed by atoms with E-state index in [9.17, 15) is 19.0 Å². The van der Waals surface area contributed by atoms with E-state index in [4.69, 9.17) is 29.4 Å². The number of phosphoric ester groups is 1. The van der Waals surface area contributed by atoms with Crippen LogP contribution >= 0.6 is 7.82 Å². The largest absolute Gasteiger partial charge is 0.480 e. The fourth-order valence-corrected chi connectivity index (χ4v) is 5.80. The molecule has 0 saturated heterocycles. The Labute approximate surface area is 333 Å². The minimum Gasteiger partial charge on any atom is -0.480 e.